The van der Waals surface area contributed by atoms with Crippen molar-refractivity contribution in [1.29, 1.82) is 0 Å². The summed E-state index contributed by atoms with van der Waals surface area (Å²) in [6.07, 6.45) is 0. The average Bonchev–Trinajstić information content (AvgIpc) is 2.37. The number of methoxy groups -OCH3 is 2. The van der Waals surface area contributed by atoms with Crippen molar-refractivity contribution in [1.82, 2.24) is 4.31 Å². The van der Waals surface area contributed by atoms with Crippen LogP contribution in [0.25, 0.3) is 0 Å². The van der Waals surface area contributed by atoms with Gasteiger partial charge < -0.3 is 14.6 Å². The number of sulfonamides is 1. The molecule has 20 heavy (non-hydrogen) atoms. The van der Waals surface area contributed by atoms with E-state index in [1.165, 1.54) is 33.4 Å². The Morgan fingerprint density at radius 2 is 1.85 bits per heavy atom. The monoisotopic (exact) mass is 367 g/mol. The summed E-state index contributed by atoms with van der Waals surface area (Å²) in [7, 11) is -0.0476. The summed E-state index contributed by atoms with van der Waals surface area (Å²) in [5.74, 6) is -0.772. The second kappa shape index (κ2) is 6.42. The molecule has 0 aromatic heterocycles. The van der Waals surface area contributed by atoms with Crippen molar-refractivity contribution in [3.63, 3.8) is 0 Å². The maximum absolute atomic E-state index is 12.3. The number of hydrogen-bond acceptors (Lipinski definition) is 5. The van der Waals surface area contributed by atoms with Gasteiger partial charge in [-0.3, -0.25) is 4.79 Å². The minimum atomic E-state index is -3.98. The molecule has 112 valence electrons. The number of aliphatic carboxylic acids is 1. The highest BCUT2D eigenvalue weighted by Gasteiger charge is 2.27. The van der Waals surface area contributed by atoms with Crippen LogP contribution in [0.4, 0.5) is 0 Å². The summed E-state index contributed by atoms with van der Waals surface area (Å²) in [5.41, 5.74) is 0. The first-order valence-corrected chi connectivity index (χ1v) is 7.57. The molecule has 0 unspecified atom stereocenters. The van der Waals surface area contributed by atoms with Gasteiger partial charge in [0.15, 0.2) is 0 Å². The first-order valence-electron chi connectivity index (χ1n) is 5.33. The molecule has 0 atom stereocenters. The van der Waals surface area contributed by atoms with E-state index < -0.39 is 22.5 Å². The number of ether oxygens (including phenoxy) is 2. The van der Waals surface area contributed by atoms with E-state index in [2.05, 4.69) is 15.9 Å². The molecule has 1 N–H and O–H groups in total. The molecule has 1 aromatic carbocycles. The molecular formula is C11H14BrNO6S. The van der Waals surface area contributed by atoms with E-state index in [1.807, 2.05) is 0 Å². The standard InChI is InChI=1S/C11H14BrNO6S/c1-13(6-11(14)15)20(16,17)10-4-7(12)8(18-2)5-9(10)19-3/h4-5H,6H2,1-3H3,(H,14,15). The van der Waals surface area contributed by atoms with E-state index >= 15 is 0 Å². The van der Waals surface area contributed by atoms with Gasteiger partial charge in [-0.2, -0.15) is 4.31 Å². The van der Waals surface area contributed by atoms with Crippen LogP contribution in [-0.4, -0.2) is 51.6 Å². The molecule has 0 heterocycles. The van der Waals surface area contributed by atoms with Crippen molar-refractivity contribution in [3.05, 3.63) is 16.6 Å². The van der Waals surface area contributed by atoms with Crippen LogP contribution in [0, 0.1) is 0 Å². The second-order valence-electron chi connectivity index (χ2n) is 3.79. The topological polar surface area (TPSA) is 93.1 Å². The molecule has 0 aliphatic carbocycles. The van der Waals surface area contributed by atoms with Gasteiger partial charge in [0.05, 0.1) is 18.7 Å². The maximum Gasteiger partial charge on any atom is 0.318 e. The third kappa shape index (κ3) is 3.41. The van der Waals surface area contributed by atoms with Gasteiger partial charge in [-0.05, 0) is 22.0 Å². The van der Waals surface area contributed by atoms with E-state index in [9.17, 15) is 13.2 Å². The number of carboxylic acids is 1. The fraction of sp³-hybridized carbons (Fsp3) is 0.364. The molecule has 0 saturated heterocycles. The van der Waals surface area contributed by atoms with Crippen LogP contribution in [0.5, 0.6) is 11.5 Å². The fourth-order valence-corrected chi connectivity index (χ4v) is 3.41. The Bertz CT molecular complexity index is 616. The van der Waals surface area contributed by atoms with Crippen molar-refractivity contribution in [3.8, 4) is 11.5 Å². The molecule has 7 nitrogen and oxygen atoms in total. The zero-order valence-corrected chi connectivity index (χ0v) is 13.5. The Kier molecular flexibility index (Phi) is 5.37. The number of carbonyl (C=O) groups is 1. The Morgan fingerprint density at radius 1 is 1.30 bits per heavy atom. The number of benzene rings is 1. The van der Waals surface area contributed by atoms with Crippen molar-refractivity contribution >= 4 is 31.9 Å². The van der Waals surface area contributed by atoms with Crippen molar-refractivity contribution in [2.75, 3.05) is 27.8 Å². The van der Waals surface area contributed by atoms with Crippen LogP contribution >= 0.6 is 15.9 Å². The summed E-state index contributed by atoms with van der Waals surface area (Å²) >= 11 is 3.18. The zero-order valence-electron chi connectivity index (χ0n) is 11.1. The molecule has 0 aliphatic heterocycles. The van der Waals surface area contributed by atoms with Gasteiger partial charge in [-0.25, -0.2) is 8.42 Å². The van der Waals surface area contributed by atoms with Crippen LogP contribution in [-0.2, 0) is 14.8 Å². The Labute approximate surface area is 125 Å². The van der Waals surface area contributed by atoms with Gasteiger partial charge in [0.2, 0.25) is 10.0 Å². The maximum atomic E-state index is 12.3. The predicted octanol–water partition coefficient (Wildman–Crippen LogP) is 1.17. The average molecular weight is 368 g/mol. The van der Waals surface area contributed by atoms with Crippen LogP contribution in [0.1, 0.15) is 0 Å². The van der Waals surface area contributed by atoms with Gasteiger partial charge in [-0.15, -0.1) is 0 Å². The first-order chi connectivity index (χ1) is 9.23. The fourth-order valence-electron chi connectivity index (χ4n) is 1.48. The lowest BCUT2D eigenvalue weighted by Gasteiger charge is -2.18. The molecule has 0 aliphatic rings. The van der Waals surface area contributed by atoms with E-state index in [4.69, 9.17) is 14.6 Å². The lowest BCUT2D eigenvalue weighted by molar-refractivity contribution is -0.137. The molecule has 9 heteroatoms. The molecule has 0 amide bonds. The SMILES string of the molecule is COc1cc(OC)c(S(=O)(=O)N(C)CC(=O)O)cc1Br. The number of carboxylic acid groups (broad SMARTS) is 1. The van der Waals surface area contributed by atoms with Gasteiger partial charge in [0.1, 0.15) is 22.9 Å². The third-order valence-electron chi connectivity index (χ3n) is 2.48. The van der Waals surface area contributed by atoms with Gasteiger partial charge in [0.25, 0.3) is 0 Å². The molecule has 1 aromatic rings. The van der Waals surface area contributed by atoms with Crippen LogP contribution < -0.4 is 9.47 Å². The first kappa shape index (κ1) is 16.7. The molecule has 0 bridgehead atoms. The normalized spacial score (nSPS) is 11.4. The number of rotatable bonds is 6. The Hall–Kier alpha value is -1.32. The van der Waals surface area contributed by atoms with Crippen molar-refractivity contribution in [2.24, 2.45) is 0 Å². The smallest absolute Gasteiger partial charge is 0.318 e. The zero-order chi connectivity index (χ0) is 15.5. The van der Waals surface area contributed by atoms with Crippen LogP contribution in [0.2, 0.25) is 0 Å². The highest BCUT2D eigenvalue weighted by Crippen LogP contribution is 2.36. The number of likely N-dealkylation sites (N-methyl/N-ethyl adjacent to an activating group) is 1. The molecular weight excluding hydrogens is 354 g/mol. The molecule has 0 radical (unpaired) electrons. The molecule has 0 fully saturated rings. The van der Waals surface area contributed by atoms with Crippen molar-refractivity contribution in [2.45, 2.75) is 4.90 Å². The number of nitrogens with zero attached hydrogens (tertiary/aromatic N) is 1. The minimum absolute atomic E-state index is 0.0716. The summed E-state index contributed by atoms with van der Waals surface area (Å²) in [4.78, 5) is 10.5. The number of halogens is 1. The number of hydrogen-bond donors (Lipinski definition) is 1. The summed E-state index contributed by atoms with van der Waals surface area (Å²) in [6.45, 7) is -0.644. The minimum Gasteiger partial charge on any atom is -0.495 e. The van der Waals surface area contributed by atoms with Crippen molar-refractivity contribution < 1.29 is 27.8 Å². The van der Waals surface area contributed by atoms with Crippen LogP contribution in [0.15, 0.2) is 21.5 Å². The third-order valence-corrected chi connectivity index (χ3v) is 4.93. The van der Waals surface area contributed by atoms with E-state index in [0.717, 1.165) is 4.31 Å². The lowest BCUT2D eigenvalue weighted by atomic mass is 10.3. The predicted molar refractivity (Wildman–Crippen MR) is 74.7 cm³/mol. The molecule has 1 rings (SSSR count). The van der Waals surface area contributed by atoms with E-state index in [0.29, 0.717) is 10.2 Å². The molecule has 0 saturated carbocycles. The highest BCUT2D eigenvalue weighted by atomic mass is 79.9. The largest absolute Gasteiger partial charge is 0.495 e. The molecule has 0 spiro atoms. The summed E-state index contributed by atoms with van der Waals surface area (Å²) < 4.78 is 35.9. The lowest BCUT2D eigenvalue weighted by Crippen LogP contribution is -2.32. The quantitative estimate of drug-likeness (QED) is 0.810. The Balaban J connectivity index is 3.37. The van der Waals surface area contributed by atoms with E-state index in [-0.39, 0.29) is 10.6 Å². The van der Waals surface area contributed by atoms with Gasteiger partial charge >= 0.3 is 5.97 Å². The highest BCUT2D eigenvalue weighted by molar-refractivity contribution is 9.10. The van der Waals surface area contributed by atoms with Crippen LogP contribution in [0.3, 0.4) is 0 Å². The van der Waals surface area contributed by atoms with Gasteiger partial charge in [-0.1, -0.05) is 0 Å². The second-order valence-corrected chi connectivity index (χ2v) is 6.66. The van der Waals surface area contributed by atoms with Gasteiger partial charge in [0, 0.05) is 13.1 Å². The van der Waals surface area contributed by atoms with E-state index in [1.54, 1.807) is 0 Å². The summed E-state index contributed by atoms with van der Waals surface area (Å²) in [6, 6.07) is 2.72. The summed E-state index contributed by atoms with van der Waals surface area (Å²) in [5, 5.41) is 8.69. The Morgan fingerprint density at radius 3 is 2.30 bits per heavy atom.